The number of methoxy groups -OCH3 is 1. The molecule has 0 bridgehead atoms. The lowest BCUT2D eigenvalue weighted by Gasteiger charge is -2.35. The van der Waals surface area contributed by atoms with Gasteiger partial charge < -0.3 is 14.5 Å². The Bertz CT molecular complexity index is 717. The molecular weight excluding hydrogens is 340 g/mol. The summed E-state index contributed by atoms with van der Waals surface area (Å²) in [5, 5.41) is 6.68. The zero-order valence-corrected chi connectivity index (χ0v) is 16.4. The summed E-state index contributed by atoms with van der Waals surface area (Å²) in [5.41, 5.74) is 1.88. The molecule has 6 nitrogen and oxygen atoms in total. The van der Waals surface area contributed by atoms with E-state index in [2.05, 4.69) is 27.2 Å². The average Bonchev–Trinajstić information content (AvgIpc) is 3.25. The van der Waals surface area contributed by atoms with E-state index in [0.29, 0.717) is 11.6 Å². The van der Waals surface area contributed by atoms with Gasteiger partial charge in [-0.05, 0) is 62.4 Å². The highest BCUT2D eigenvalue weighted by atomic mass is 16.5. The Balaban J connectivity index is 1.51. The van der Waals surface area contributed by atoms with Crippen molar-refractivity contribution in [3.8, 4) is 5.75 Å². The Kier molecular flexibility index (Phi) is 6.87. The van der Waals surface area contributed by atoms with Gasteiger partial charge in [0, 0.05) is 32.4 Å². The number of carbonyl (C=O) groups excluding carboxylic acids is 1. The zero-order valence-electron chi connectivity index (χ0n) is 16.4. The maximum absolute atomic E-state index is 12.6. The van der Waals surface area contributed by atoms with E-state index in [1.165, 1.54) is 18.4 Å². The van der Waals surface area contributed by atoms with E-state index in [-0.39, 0.29) is 5.91 Å². The molecule has 1 aromatic heterocycles. The lowest BCUT2D eigenvalue weighted by molar-refractivity contribution is 0.0685. The summed E-state index contributed by atoms with van der Waals surface area (Å²) in [6.07, 6.45) is 5.03. The van der Waals surface area contributed by atoms with Gasteiger partial charge in [0.05, 0.1) is 7.11 Å². The number of ether oxygens (including phenoxy) is 1. The topological polar surface area (TPSA) is 61.5 Å². The monoisotopic (exact) mass is 370 g/mol. The van der Waals surface area contributed by atoms with Crippen molar-refractivity contribution < 1.29 is 9.53 Å². The third kappa shape index (κ3) is 5.32. The number of hydrogen-bond donors (Lipinski definition) is 1. The summed E-state index contributed by atoms with van der Waals surface area (Å²) in [6.45, 7) is 6.81. The summed E-state index contributed by atoms with van der Waals surface area (Å²) in [5.74, 6) is 1.49. The molecule has 1 aliphatic rings. The molecule has 6 heteroatoms. The van der Waals surface area contributed by atoms with Crippen molar-refractivity contribution >= 4 is 5.91 Å². The Morgan fingerprint density at radius 1 is 1.41 bits per heavy atom. The van der Waals surface area contributed by atoms with Gasteiger partial charge in [-0.3, -0.25) is 9.89 Å². The van der Waals surface area contributed by atoms with E-state index in [9.17, 15) is 4.79 Å². The van der Waals surface area contributed by atoms with Gasteiger partial charge in [0.2, 0.25) is 0 Å². The molecule has 0 aliphatic carbocycles. The summed E-state index contributed by atoms with van der Waals surface area (Å²) in [4.78, 5) is 17.1. The quantitative estimate of drug-likeness (QED) is 0.776. The molecule has 27 heavy (non-hydrogen) atoms. The minimum atomic E-state index is 0.0449. The fraction of sp³-hybridized carbons (Fsp3) is 0.524. The highest BCUT2D eigenvalue weighted by Gasteiger charge is 2.24. The molecule has 1 fully saturated rings. The van der Waals surface area contributed by atoms with Crippen molar-refractivity contribution in [1.29, 1.82) is 0 Å². The number of nitrogens with zero attached hydrogens (tertiary/aromatic N) is 3. The number of carbonyl (C=O) groups is 1. The van der Waals surface area contributed by atoms with Crippen LogP contribution in [0.5, 0.6) is 5.75 Å². The van der Waals surface area contributed by atoms with Crippen LogP contribution in [0.25, 0.3) is 0 Å². The van der Waals surface area contributed by atoms with Gasteiger partial charge in [-0.15, -0.1) is 0 Å². The molecule has 2 heterocycles. The third-order valence-electron chi connectivity index (χ3n) is 5.33. The van der Waals surface area contributed by atoms with Crippen LogP contribution in [-0.4, -0.2) is 65.7 Å². The van der Waals surface area contributed by atoms with Gasteiger partial charge in [-0.25, -0.2) is 0 Å². The Morgan fingerprint density at radius 3 is 3.04 bits per heavy atom. The maximum Gasteiger partial charge on any atom is 0.271 e. The second-order valence-corrected chi connectivity index (χ2v) is 7.22. The Labute approximate surface area is 161 Å². The van der Waals surface area contributed by atoms with E-state index in [1.54, 1.807) is 19.4 Å². The van der Waals surface area contributed by atoms with Gasteiger partial charge in [-0.1, -0.05) is 12.1 Å². The third-order valence-corrected chi connectivity index (χ3v) is 5.33. The van der Waals surface area contributed by atoms with Crippen LogP contribution in [0.4, 0.5) is 0 Å². The van der Waals surface area contributed by atoms with Crippen LogP contribution in [0, 0.1) is 5.92 Å². The van der Waals surface area contributed by atoms with Crippen molar-refractivity contribution in [2.45, 2.75) is 26.2 Å². The molecular formula is C21H30N4O2. The minimum Gasteiger partial charge on any atom is -0.497 e. The first-order valence-electron chi connectivity index (χ1n) is 9.83. The first-order chi connectivity index (χ1) is 13.2. The van der Waals surface area contributed by atoms with Gasteiger partial charge in [-0.2, -0.15) is 5.10 Å². The fourth-order valence-electron chi connectivity index (χ4n) is 3.83. The maximum atomic E-state index is 12.6. The number of H-pyrrole nitrogens is 1. The SMILES string of the molecule is CCN(CC1CCCN(CCc2cccc(OC)c2)C1)C(=O)c1ccn[nH]1. The molecule has 1 aromatic carbocycles. The summed E-state index contributed by atoms with van der Waals surface area (Å²) < 4.78 is 5.31. The minimum absolute atomic E-state index is 0.0449. The second kappa shape index (κ2) is 9.55. The summed E-state index contributed by atoms with van der Waals surface area (Å²) in [6, 6.07) is 10.0. The lowest BCUT2D eigenvalue weighted by Crippen LogP contribution is -2.43. The van der Waals surface area contributed by atoms with Gasteiger partial charge in [0.1, 0.15) is 11.4 Å². The standard InChI is InChI=1S/C21H30N4O2/c1-3-25(21(26)20-9-11-22-23-20)16-18-7-5-12-24(15-18)13-10-17-6-4-8-19(14-17)27-2/h4,6,8-9,11,14,18H,3,5,7,10,12-13,15-16H2,1-2H3,(H,22,23). The smallest absolute Gasteiger partial charge is 0.271 e. The van der Waals surface area contributed by atoms with E-state index in [1.807, 2.05) is 24.0 Å². The number of piperidine rings is 1. The number of benzene rings is 1. The van der Waals surface area contributed by atoms with Crippen molar-refractivity contribution in [2.75, 3.05) is 39.8 Å². The van der Waals surface area contributed by atoms with E-state index < -0.39 is 0 Å². The molecule has 0 saturated carbocycles. The van der Waals surface area contributed by atoms with Crippen molar-refractivity contribution in [3.05, 3.63) is 47.8 Å². The largest absolute Gasteiger partial charge is 0.497 e. The van der Waals surface area contributed by atoms with E-state index >= 15 is 0 Å². The van der Waals surface area contributed by atoms with Gasteiger partial charge in [0.25, 0.3) is 5.91 Å². The van der Waals surface area contributed by atoms with Crippen molar-refractivity contribution in [3.63, 3.8) is 0 Å². The zero-order chi connectivity index (χ0) is 19.1. The molecule has 146 valence electrons. The number of aromatic amines is 1. The van der Waals surface area contributed by atoms with Gasteiger partial charge in [0.15, 0.2) is 0 Å². The molecule has 1 unspecified atom stereocenters. The number of amides is 1. The normalized spacial score (nSPS) is 17.6. The fourth-order valence-corrected chi connectivity index (χ4v) is 3.83. The van der Waals surface area contributed by atoms with Crippen LogP contribution in [0.1, 0.15) is 35.8 Å². The highest BCUT2D eigenvalue weighted by Crippen LogP contribution is 2.20. The predicted molar refractivity (Wildman–Crippen MR) is 106 cm³/mol. The number of hydrogen-bond acceptors (Lipinski definition) is 4. The molecule has 2 aromatic rings. The molecule has 0 radical (unpaired) electrons. The number of nitrogens with one attached hydrogen (secondary N) is 1. The van der Waals surface area contributed by atoms with Gasteiger partial charge >= 0.3 is 0 Å². The summed E-state index contributed by atoms with van der Waals surface area (Å²) in [7, 11) is 1.71. The average molecular weight is 370 g/mol. The molecule has 1 atom stereocenters. The molecule has 1 amide bonds. The molecule has 3 rings (SSSR count). The van der Waals surface area contributed by atoms with Crippen LogP contribution in [-0.2, 0) is 6.42 Å². The second-order valence-electron chi connectivity index (χ2n) is 7.22. The van der Waals surface area contributed by atoms with Crippen LogP contribution < -0.4 is 4.74 Å². The van der Waals surface area contributed by atoms with Crippen LogP contribution in [0.15, 0.2) is 36.5 Å². The first-order valence-corrected chi connectivity index (χ1v) is 9.83. The van der Waals surface area contributed by atoms with Crippen molar-refractivity contribution in [1.82, 2.24) is 20.0 Å². The predicted octanol–water partition coefficient (Wildman–Crippen LogP) is 2.84. The first kappa shape index (κ1) is 19.4. The Hall–Kier alpha value is -2.34. The van der Waals surface area contributed by atoms with Crippen LogP contribution in [0.3, 0.4) is 0 Å². The lowest BCUT2D eigenvalue weighted by atomic mass is 9.96. The highest BCUT2D eigenvalue weighted by molar-refractivity contribution is 5.92. The summed E-state index contributed by atoms with van der Waals surface area (Å²) >= 11 is 0. The van der Waals surface area contributed by atoms with Crippen LogP contribution in [0.2, 0.25) is 0 Å². The number of rotatable bonds is 8. The van der Waals surface area contributed by atoms with Crippen molar-refractivity contribution in [2.24, 2.45) is 5.92 Å². The number of aromatic nitrogens is 2. The Morgan fingerprint density at radius 2 is 2.30 bits per heavy atom. The molecule has 0 spiro atoms. The number of likely N-dealkylation sites (tertiary alicyclic amines) is 1. The molecule has 1 saturated heterocycles. The van der Waals surface area contributed by atoms with E-state index in [4.69, 9.17) is 4.74 Å². The molecule has 1 aliphatic heterocycles. The van der Waals surface area contributed by atoms with E-state index in [0.717, 1.165) is 44.9 Å². The molecule has 1 N–H and O–H groups in total. The van der Waals surface area contributed by atoms with Crippen LogP contribution >= 0.6 is 0 Å².